The quantitative estimate of drug-likeness (QED) is 0.566. The Kier molecular flexibility index (Phi) is 5.87. The van der Waals surface area contributed by atoms with E-state index in [4.69, 9.17) is 5.73 Å². The van der Waals surface area contributed by atoms with Crippen molar-refractivity contribution in [3.63, 3.8) is 0 Å². The molecule has 0 bridgehead atoms. The maximum Gasteiger partial charge on any atom is 0.0416 e. The highest BCUT2D eigenvalue weighted by molar-refractivity contribution is 7.04. The van der Waals surface area contributed by atoms with E-state index in [9.17, 15) is 0 Å². The van der Waals surface area contributed by atoms with Gasteiger partial charge in [0.05, 0.1) is 0 Å². The molecule has 0 aliphatic heterocycles. The van der Waals surface area contributed by atoms with Crippen LogP contribution in [0.4, 0.5) is 0 Å². The van der Waals surface area contributed by atoms with Crippen LogP contribution in [0, 0.1) is 0 Å². The zero-order valence-corrected chi connectivity index (χ0v) is 14.4. The molecule has 0 aliphatic rings. The first-order valence-electron chi connectivity index (χ1n) is 5.89. The Morgan fingerprint density at radius 2 is 1.43 bits per heavy atom. The molecular weight excluding hydrogens is 218 g/mol. The summed E-state index contributed by atoms with van der Waals surface area (Å²) in [5, 5.41) is 0. The van der Waals surface area contributed by atoms with Crippen molar-refractivity contribution in [2.24, 2.45) is 5.73 Å². The maximum atomic E-state index is 5.58. The second-order valence-corrected chi connectivity index (χ2v) is 21.7. The smallest absolute Gasteiger partial charge is 0.0416 e. The summed E-state index contributed by atoms with van der Waals surface area (Å²) in [5.74, 6) is 0. The maximum absolute atomic E-state index is 5.58. The van der Waals surface area contributed by atoms with Crippen LogP contribution in [-0.4, -0.2) is 32.2 Å². The summed E-state index contributed by atoms with van der Waals surface area (Å²) in [6.07, 6.45) is 1.28. The van der Waals surface area contributed by atoms with Crippen LogP contribution in [0.1, 0.15) is 6.42 Å². The highest BCUT2D eigenvalue weighted by Gasteiger charge is 2.36. The molecule has 0 unspecified atom stereocenters. The largest absolute Gasteiger partial charge is 0.330 e. The molecule has 4 heteroatoms. The monoisotopic (exact) mass is 247 g/mol. The van der Waals surface area contributed by atoms with Gasteiger partial charge in [0.15, 0.2) is 0 Å². The van der Waals surface area contributed by atoms with Gasteiger partial charge in [-0.3, -0.25) is 0 Å². The Morgan fingerprint density at radius 1 is 1.00 bits per heavy atom. The molecule has 0 saturated carbocycles. The topological polar surface area (TPSA) is 26.0 Å². The molecular formula is C10H29NSi3. The van der Waals surface area contributed by atoms with Crippen molar-refractivity contribution >= 4 is 25.7 Å². The van der Waals surface area contributed by atoms with E-state index in [2.05, 4.69) is 39.3 Å². The van der Waals surface area contributed by atoms with Crippen molar-refractivity contribution in [1.82, 2.24) is 0 Å². The van der Waals surface area contributed by atoms with Gasteiger partial charge < -0.3 is 5.73 Å². The molecule has 0 spiro atoms. The van der Waals surface area contributed by atoms with Crippen molar-refractivity contribution in [2.75, 3.05) is 6.54 Å². The zero-order chi connectivity index (χ0) is 11.4. The first-order chi connectivity index (χ1) is 6.19. The van der Waals surface area contributed by atoms with Crippen molar-refractivity contribution in [3.05, 3.63) is 0 Å². The Labute approximate surface area is 94.7 Å². The lowest BCUT2D eigenvalue weighted by Gasteiger charge is -2.38. The first kappa shape index (κ1) is 14.6. The summed E-state index contributed by atoms with van der Waals surface area (Å²) >= 11 is 0. The summed E-state index contributed by atoms with van der Waals surface area (Å²) in [7, 11) is -1.63. The molecule has 0 rings (SSSR count). The van der Waals surface area contributed by atoms with Crippen LogP contribution in [0.25, 0.3) is 0 Å². The van der Waals surface area contributed by atoms with Crippen LogP contribution >= 0.6 is 0 Å². The lowest BCUT2D eigenvalue weighted by Crippen LogP contribution is -2.47. The molecule has 86 valence electrons. The fourth-order valence-electron chi connectivity index (χ4n) is 2.66. The minimum atomic E-state index is -0.889. The molecule has 1 nitrogen and oxygen atoms in total. The summed E-state index contributed by atoms with van der Waals surface area (Å²) in [4.78, 5) is 1.20. The van der Waals surface area contributed by atoms with Crippen LogP contribution in [0.3, 0.4) is 0 Å². The summed E-state index contributed by atoms with van der Waals surface area (Å²) in [6.45, 7) is 16.3. The van der Waals surface area contributed by atoms with Gasteiger partial charge >= 0.3 is 0 Å². The van der Waals surface area contributed by atoms with E-state index in [1.807, 2.05) is 0 Å². The standard InChI is InChI=1S/C10H29NSi3/c1-13(2,3)10(14(4,5)6)12-9-7-8-11/h10H,7-9,11-12H2,1-6H3. The molecule has 0 aliphatic carbocycles. The van der Waals surface area contributed by atoms with Gasteiger partial charge in [0.25, 0.3) is 0 Å². The molecule has 0 heterocycles. The van der Waals surface area contributed by atoms with Gasteiger partial charge in [-0.15, -0.1) is 0 Å². The number of hydrogen-bond donors (Lipinski definition) is 1. The number of rotatable bonds is 6. The average molecular weight is 248 g/mol. The van der Waals surface area contributed by atoms with Gasteiger partial charge in [0.2, 0.25) is 0 Å². The van der Waals surface area contributed by atoms with E-state index >= 15 is 0 Å². The van der Waals surface area contributed by atoms with E-state index in [0.717, 1.165) is 6.54 Å². The normalized spacial score (nSPS) is 14.6. The van der Waals surface area contributed by atoms with Crippen LogP contribution in [0.15, 0.2) is 0 Å². The third-order valence-electron chi connectivity index (χ3n) is 3.04. The molecule has 0 fully saturated rings. The Morgan fingerprint density at radius 3 is 1.71 bits per heavy atom. The van der Waals surface area contributed by atoms with Gasteiger partial charge in [-0.25, -0.2) is 0 Å². The van der Waals surface area contributed by atoms with E-state index in [0.29, 0.717) is 0 Å². The predicted octanol–water partition coefficient (Wildman–Crippen LogP) is 2.47. The lowest BCUT2D eigenvalue weighted by molar-refractivity contribution is 0.923. The third kappa shape index (κ3) is 5.48. The van der Waals surface area contributed by atoms with Crippen LogP contribution < -0.4 is 5.73 Å². The van der Waals surface area contributed by atoms with Gasteiger partial charge in [-0.05, 0) is 13.0 Å². The second-order valence-electron chi connectivity index (χ2n) is 6.57. The van der Waals surface area contributed by atoms with Crippen molar-refractivity contribution in [2.45, 2.75) is 56.5 Å². The summed E-state index contributed by atoms with van der Waals surface area (Å²) in [6, 6.07) is 1.48. The minimum absolute atomic E-state index is 0.149. The van der Waals surface area contributed by atoms with Crippen LogP contribution in [-0.2, 0) is 0 Å². The lowest BCUT2D eigenvalue weighted by atomic mass is 10.5. The van der Waals surface area contributed by atoms with Crippen molar-refractivity contribution < 1.29 is 0 Å². The molecule has 0 aromatic rings. The summed E-state index contributed by atoms with van der Waals surface area (Å²) < 4.78 is 0. The fourth-order valence-corrected chi connectivity index (χ4v) is 22.2. The van der Waals surface area contributed by atoms with Gasteiger partial charge in [0, 0.05) is 25.7 Å². The first-order valence-corrected chi connectivity index (χ1v) is 14.9. The van der Waals surface area contributed by atoms with E-state index in [1.54, 1.807) is 0 Å². The number of hydrogen-bond acceptors (Lipinski definition) is 1. The fraction of sp³-hybridized carbons (Fsp3) is 1.00. The van der Waals surface area contributed by atoms with Crippen LogP contribution in [0.5, 0.6) is 0 Å². The third-order valence-corrected chi connectivity index (χ3v) is 23.0. The van der Waals surface area contributed by atoms with Gasteiger partial charge in [-0.1, -0.05) is 50.1 Å². The molecule has 0 atom stereocenters. The molecule has 14 heavy (non-hydrogen) atoms. The van der Waals surface area contributed by atoms with Crippen LogP contribution in [0.2, 0.25) is 50.1 Å². The Bertz CT molecular complexity index is 144. The Balaban J connectivity index is 4.28. The van der Waals surface area contributed by atoms with E-state index in [1.165, 1.54) is 17.3 Å². The molecule has 0 amide bonds. The minimum Gasteiger partial charge on any atom is -0.330 e. The molecule has 0 radical (unpaired) electrons. The van der Waals surface area contributed by atoms with Gasteiger partial charge in [0.1, 0.15) is 0 Å². The van der Waals surface area contributed by atoms with Crippen molar-refractivity contribution in [3.8, 4) is 0 Å². The second kappa shape index (κ2) is 5.63. The zero-order valence-electron chi connectivity index (χ0n) is 11.0. The van der Waals surface area contributed by atoms with Crippen molar-refractivity contribution in [1.29, 1.82) is 0 Å². The SMILES string of the molecule is C[Si](C)(C)C([SiH2]CCCN)[Si](C)(C)C. The molecule has 2 N–H and O–H groups in total. The predicted molar refractivity (Wildman–Crippen MR) is 77.5 cm³/mol. The average Bonchev–Trinajstić information content (AvgIpc) is 1.92. The number of nitrogens with two attached hydrogens (primary N) is 1. The Hall–Kier alpha value is 0.611. The summed E-state index contributed by atoms with van der Waals surface area (Å²) in [5.41, 5.74) is 5.58. The van der Waals surface area contributed by atoms with E-state index < -0.39 is 16.1 Å². The van der Waals surface area contributed by atoms with E-state index in [-0.39, 0.29) is 9.52 Å². The highest BCUT2D eigenvalue weighted by Crippen LogP contribution is 2.31. The molecule has 0 aromatic carbocycles. The molecule has 0 aromatic heterocycles. The molecule has 0 saturated heterocycles. The highest BCUT2D eigenvalue weighted by atomic mass is 28.4. The van der Waals surface area contributed by atoms with Gasteiger partial charge in [-0.2, -0.15) is 0 Å².